The zero-order chi connectivity index (χ0) is 59.9. The van der Waals surface area contributed by atoms with Crippen molar-refractivity contribution in [1.82, 2.24) is 31.9 Å². The summed E-state index contributed by atoms with van der Waals surface area (Å²) in [5.41, 5.74) is 1.37. The van der Waals surface area contributed by atoms with Gasteiger partial charge < -0.3 is 55.4 Å². The molecule has 1 saturated heterocycles. The molecule has 0 radical (unpaired) electrons. The highest BCUT2D eigenvalue weighted by molar-refractivity contribution is 6.47. The minimum atomic E-state index is -1.47. The average molecular weight is 1130 g/mol. The van der Waals surface area contributed by atoms with Crippen LogP contribution in [0.3, 0.4) is 0 Å². The first-order valence-electron chi connectivity index (χ1n) is 29.4. The van der Waals surface area contributed by atoms with Gasteiger partial charge in [-0.3, -0.25) is 28.8 Å². The minimum absolute atomic E-state index is 0.0225. The number of Topliss-reactive ketones (excluding diaryl/α,β-unsaturated/α-hetero) is 1. The number of ketones is 1. The van der Waals surface area contributed by atoms with E-state index in [2.05, 4.69) is 71.7 Å². The zero-order valence-electron chi connectivity index (χ0n) is 50.4. The van der Waals surface area contributed by atoms with E-state index in [4.69, 9.17) is 23.5 Å². The normalized spacial score (nSPS) is 20.8. The van der Waals surface area contributed by atoms with Gasteiger partial charge in [-0.2, -0.15) is 0 Å². The van der Waals surface area contributed by atoms with Gasteiger partial charge in [-0.25, -0.2) is 9.59 Å². The van der Waals surface area contributed by atoms with E-state index in [1.807, 2.05) is 26.0 Å². The third-order valence-electron chi connectivity index (χ3n) is 15.8. The first kappa shape index (κ1) is 65.8. The highest BCUT2D eigenvalue weighted by Gasteiger charge is 2.68. The van der Waals surface area contributed by atoms with E-state index in [0.717, 1.165) is 49.7 Å². The number of unbranched alkanes of at least 4 members (excludes halogenated alkanes) is 3. The Labute approximate surface area is 480 Å². The van der Waals surface area contributed by atoms with Gasteiger partial charge in [-0.05, 0) is 165 Å². The Hall–Kier alpha value is -6.02. The molecule has 0 spiro atoms. The Kier molecular flexibility index (Phi) is 23.8. The number of esters is 1. The fourth-order valence-corrected chi connectivity index (χ4v) is 10.9. The van der Waals surface area contributed by atoms with Gasteiger partial charge in [0.25, 0.3) is 5.91 Å². The fraction of sp³-hybridized carbons (Fsp3) is 0.672. The van der Waals surface area contributed by atoms with Gasteiger partial charge in [0.15, 0.2) is 5.78 Å². The molecule has 448 valence electrons. The second kappa shape index (κ2) is 29.3. The first-order valence-corrected chi connectivity index (χ1v) is 29.4. The highest BCUT2D eigenvalue weighted by atomic mass is 16.7. The van der Waals surface area contributed by atoms with E-state index >= 15 is 0 Å². The zero-order valence-corrected chi connectivity index (χ0v) is 50.4. The number of carbonyl (C=O) groups excluding carboxylic acids is 8. The number of nitrogens with one attached hydrogen (secondary N) is 6. The molecule has 2 bridgehead atoms. The number of amides is 6. The molecule has 3 saturated carbocycles. The fourth-order valence-electron chi connectivity index (χ4n) is 10.9. The molecule has 6 amide bonds. The van der Waals surface area contributed by atoms with Crippen LogP contribution in [-0.4, -0.2) is 121 Å². The average Bonchev–Trinajstić information content (AvgIpc) is 4.02. The number of aryl methyl sites for hydroxylation is 1. The Morgan fingerprint density at radius 3 is 1.88 bits per heavy atom. The van der Waals surface area contributed by atoms with Crippen LogP contribution in [0.25, 0.3) is 11.1 Å². The molecule has 3 aliphatic carbocycles. The van der Waals surface area contributed by atoms with Gasteiger partial charge in [0, 0.05) is 24.9 Å². The molecule has 2 aromatic carbocycles. The van der Waals surface area contributed by atoms with E-state index < -0.39 is 96.4 Å². The molecule has 1 aliphatic heterocycles. The van der Waals surface area contributed by atoms with Gasteiger partial charge in [-0.15, -0.1) is 0 Å². The molecule has 4 aliphatic rings. The molecule has 9 atom stereocenters. The standard InChI is InChI=1S/C61H93BN6O13/c1-14-16-20-40-22-24-41(25-23-40)42-26-28-43(29-27-42)53(72)68-47(37-64-57(76)79-59(8,9)10)55(74)67-46(30-31-51(70)77-33-17-15-2)54(73)65-39(4)52(71)66-45(21-18-19-32-63-56(75)78-58(5,6)7)48(69)34-38(3)62-80-50-36-44-35-49(60(44,11)12)61(50,13)81-62/h22-29,38-39,44-47,49-50H,14-21,30-37H2,1-13H3,(H,63,75)(H,64,76)(H,65,73)(H,66,71)(H,67,74)(H,68,72)/t38-,39+,44+,45+,46+,47+,49+,50?,61+/m1/s1. The smallest absolute Gasteiger partial charge is 0.461 e. The Morgan fingerprint density at radius 2 is 1.27 bits per heavy atom. The quantitative estimate of drug-likeness (QED) is 0.0193. The number of carbonyl (C=O) groups is 8. The van der Waals surface area contributed by atoms with Crippen LogP contribution in [0.4, 0.5) is 9.59 Å². The number of hydrogen-bond donors (Lipinski definition) is 6. The lowest BCUT2D eigenvalue weighted by Gasteiger charge is -2.64. The summed E-state index contributed by atoms with van der Waals surface area (Å²) >= 11 is 0. The van der Waals surface area contributed by atoms with Crippen molar-refractivity contribution in [2.75, 3.05) is 19.7 Å². The predicted molar refractivity (Wildman–Crippen MR) is 310 cm³/mol. The minimum Gasteiger partial charge on any atom is -0.466 e. The molecular formula is C61H93BN6O13. The van der Waals surface area contributed by atoms with Crippen LogP contribution in [0, 0.1) is 17.3 Å². The number of ether oxygens (including phenoxy) is 3. The summed E-state index contributed by atoms with van der Waals surface area (Å²) in [6, 6.07) is 9.86. The van der Waals surface area contributed by atoms with Crippen molar-refractivity contribution in [3.8, 4) is 11.1 Å². The second-order valence-electron chi connectivity index (χ2n) is 25.2. The molecule has 4 fully saturated rings. The lowest BCUT2D eigenvalue weighted by molar-refractivity contribution is -0.199. The van der Waals surface area contributed by atoms with E-state index in [9.17, 15) is 38.4 Å². The third-order valence-corrected chi connectivity index (χ3v) is 15.8. The Morgan fingerprint density at radius 1 is 0.679 bits per heavy atom. The summed E-state index contributed by atoms with van der Waals surface area (Å²) in [5, 5.41) is 16.1. The SMILES string of the molecule is CCCCOC(=O)CC[C@H](NC(=O)[C@H](CNC(=O)OC(C)(C)C)NC(=O)c1ccc(-c2ccc(CCCC)cc2)cc1)C(=O)N[C@@H](C)C(=O)N[C@@H](CCCCNC(=O)OC(C)(C)C)C(=O)C[C@@H](C)B1OC2C[C@@H]3C[C@@H](C3(C)C)[C@]2(C)O1. The Bertz CT molecular complexity index is 2480. The van der Waals surface area contributed by atoms with E-state index in [-0.39, 0.29) is 67.5 Å². The molecule has 6 N–H and O–H groups in total. The number of alkyl carbamates (subject to hydrolysis) is 2. The maximum absolute atomic E-state index is 14.3. The van der Waals surface area contributed by atoms with Crippen molar-refractivity contribution >= 4 is 54.7 Å². The maximum Gasteiger partial charge on any atom is 0.461 e. The van der Waals surface area contributed by atoms with Crippen molar-refractivity contribution in [2.45, 2.75) is 226 Å². The van der Waals surface area contributed by atoms with Gasteiger partial charge in [0.2, 0.25) is 17.7 Å². The maximum atomic E-state index is 14.3. The second-order valence-corrected chi connectivity index (χ2v) is 25.2. The lowest BCUT2D eigenvalue weighted by atomic mass is 9.43. The van der Waals surface area contributed by atoms with Gasteiger partial charge in [-0.1, -0.05) is 83.9 Å². The van der Waals surface area contributed by atoms with E-state index in [1.54, 1.807) is 65.8 Å². The van der Waals surface area contributed by atoms with Crippen LogP contribution in [0.5, 0.6) is 0 Å². The van der Waals surface area contributed by atoms with Crippen molar-refractivity contribution in [3.05, 3.63) is 59.7 Å². The molecule has 20 heteroatoms. The van der Waals surface area contributed by atoms with Gasteiger partial charge in [0.1, 0.15) is 29.3 Å². The van der Waals surface area contributed by atoms with Crippen molar-refractivity contribution in [1.29, 1.82) is 0 Å². The summed E-state index contributed by atoms with van der Waals surface area (Å²) in [4.78, 5) is 109. The van der Waals surface area contributed by atoms with Crippen molar-refractivity contribution in [2.24, 2.45) is 17.3 Å². The van der Waals surface area contributed by atoms with Gasteiger partial charge in [0.05, 0.1) is 30.9 Å². The van der Waals surface area contributed by atoms with E-state index in [0.29, 0.717) is 31.1 Å². The molecule has 0 aromatic heterocycles. The predicted octanol–water partition coefficient (Wildman–Crippen LogP) is 8.69. The van der Waals surface area contributed by atoms with Crippen LogP contribution in [-0.2, 0) is 53.9 Å². The number of hydrogen-bond acceptors (Lipinski definition) is 13. The summed E-state index contributed by atoms with van der Waals surface area (Å²) in [7, 11) is -0.626. The highest BCUT2D eigenvalue weighted by Crippen LogP contribution is 2.66. The van der Waals surface area contributed by atoms with Crippen LogP contribution >= 0.6 is 0 Å². The lowest BCUT2D eigenvalue weighted by Crippen LogP contribution is -2.65. The topological polar surface area (TPSA) is 255 Å². The molecule has 81 heavy (non-hydrogen) atoms. The number of rotatable bonds is 29. The molecule has 6 rings (SSSR count). The molecule has 1 unspecified atom stereocenters. The molecule has 2 aromatic rings. The van der Waals surface area contributed by atoms with Crippen LogP contribution < -0.4 is 31.9 Å². The summed E-state index contributed by atoms with van der Waals surface area (Å²) in [6.07, 6.45) is 5.57. The Balaban J connectivity index is 1.30. The summed E-state index contributed by atoms with van der Waals surface area (Å²) in [5.74, 6) is -3.45. The molecule has 1 heterocycles. The summed E-state index contributed by atoms with van der Waals surface area (Å²) in [6.45, 7) is 24.3. The monoisotopic (exact) mass is 1130 g/mol. The van der Waals surface area contributed by atoms with Crippen molar-refractivity contribution < 1.29 is 61.9 Å². The third kappa shape index (κ3) is 19.6. The van der Waals surface area contributed by atoms with Gasteiger partial charge >= 0.3 is 25.3 Å². The molecule has 19 nitrogen and oxygen atoms in total. The first-order chi connectivity index (χ1) is 38.0. The van der Waals surface area contributed by atoms with E-state index in [1.165, 1.54) is 12.5 Å². The van der Waals surface area contributed by atoms with Crippen LogP contribution in [0.15, 0.2) is 48.5 Å². The van der Waals surface area contributed by atoms with Crippen LogP contribution in [0.1, 0.15) is 183 Å². The van der Waals surface area contributed by atoms with Crippen LogP contribution in [0.2, 0.25) is 5.82 Å². The summed E-state index contributed by atoms with van der Waals surface area (Å²) < 4.78 is 29.3. The van der Waals surface area contributed by atoms with Crippen molar-refractivity contribution in [3.63, 3.8) is 0 Å². The number of benzene rings is 2. The largest absolute Gasteiger partial charge is 0.466 e. The molecular weight excluding hydrogens is 1040 g/mol.